The second-order valence-electron chi connectivity index (χ2n) is 6.30. The molecule has 1 heterocycles. The molecule has 0 fully saturated rings. The molecule has 0 atom stereocenters. The van der Waals surface area contributed by atoms with Crippen molar-refractivity contribution in [1.82, 2.24) is 10.4 Å². The van der Waals surface area contributed by atoms with E-state index in [2.05, 4.69) is 15.5 Å². The Bertz CT molecular complexity index is 1140. The highest BCUT2D eigenvalue weighted by Crippen LogP contribution is 2.21. The lowest BCUT2D eigenvalue weighted by molar-refractivity contribution is -0.120. The Morgan fingerprint density at radius 1 is 1.11 bits per heavy atom. The van der Waals surface area contributed by atoms with Crippen LogP contribution in [0.2, 0.25) is 0 Å². The molecule has 0 saturated carbocycles. The normalized spacial score (nSPS) is 11.3. The van der Waals surface area contributed by atoms with Crippen LogP contribution in [0.3, 0.4) is 0 Å². The number of nitrogens with one attached hydrogen (secondary N) is 2. The number of hydrogen-bond donors (Lipinski definition) is 2. The minimum absolute atomic E-state index is 0.151. The van der Waals surface area contributed by atoms with Crippen LogP contribution in [0.4, 0.5) is 0 Å². The molecular weight excluding hydrogens is 338 g/mol. The number of aromatic amines is 1. The minimum atomic E-state index is -0.151. The number of amides is 1. The summed E-state index contributed by atoms with van der Waals surface area (Å²) in [4.78, 5) is 15.3. The topological polar surface area (TPSA) is 66.5 Å². The summed E-state index contributed by atoms with van der Waals surface area (Å²) in [6.07, 6.45) is 3.79. The number of nitrogens with zero attached hydrogens (tertiary/aromatic N) is 1. The Labute approximate surface area is 156 Å². The number of hydrogen-bond acceptors (Lipinski definition) is 3. The summed E-state index contributed by atoms with van der Waals surface area (Å²) >= 11 is 0. The van der Waals surface area contributed by atoms with E-state index in [4.69, 9.17) is 4.74 Å². The molecule has 0 aliphatic rings. The molecule has 4 rings (SSSR count). The molecule has 1 amide bonds. The number of carbonyl (C=O) groups is 1. The van der Waals surface area contributed by atoms with Gasteiger partial charge in [0.1, 0.15) is 5.75 Å². The lowest BCUT2D eigenvalue weighted by Gasteiger charge is -2.03. The standard InChI is InChI=1S/C22H19N3O2/c1-27-19-9-8-16-10-15(6-7-17(16)11-19)13-24-25-22(26)12-18-14-23-21-5-3-2-4-20(18)21/h2-11,13-14,23H,12H2,1H3,(H,25,26)/b24-13+. The van der Waals surface area contributed by atoms with Gasteiger partial charge in [-0.05, 0) is 46.2 Å². The zero-order valence-corrected chi connectivity index (χ0v) is 14.9. The molecule has 2 N–H and O–H groups in total. The first-order chi connectivity index (χ1) is 13.2. The van der Waals surface area contributed by atoms with Crippen LogP contribution in [0.25, 0.3) is 21.7 Å². The van der Waals surface area contributed by atoms with Crippen molar-refractivity contribution >= 4 is 33.8 Å². The molecule has 0 unspecified atom stereocenters. The van der Waals surface area contributed by atoms with Crippen molar-refractivity contribution in [3.8, 4) is 5.75 Å². The number of para-hydroxylation sites is 1. The van der Waals surface area contributed by atoms with E-state index >= 15 is 0 Å². The maximum atomic E-state index is 12.2. The van der Waals surface area contributed by atoms with Crippen LogP contribution in [0.5, 0.6) is 5.75 Å². The number of H-pyrrole nitrogens is 1. The molecule has 0 aliphatic heterocycles. The summed E-state index contributed by atoms with van der Waals surface area (Å²) in [6.45, 7) is 0. The highest BCUT2D eigenvalue weighted by Gasteiger charge is 2.07. The van der Waals surface area contributed by atoms with Crippen LogP contribution in [-0.2, 0) is 11.2 Å². The average Bonchev–Trinajstić information content (AvgIpc) is 3.10. The van der Waals surface area contributed by atoms with Gasteiger partial charge in [0.05, 0.1) is 19.7 Å². The molecule has 27 heavy (non-hydrogen) atoms. The van der Waals surface area contributed by atoms with Crippen molar-refractivity contribution in [3.63, 3.8) is 0 Å². The van der Waals surface area contributed by atoms with Gasteiger partial charge >= 0.3 is 0 Å². The third-order valence-corrected chi connectivity index (χ3v) is 4.50. The largest absolute Gasteiger partial charge is 0.497 e. The second-order valence-corrected chi connectivity index (χ2v) is 6.30. The van der Waals surface area contributed by atoms with Gasteiger partial charge in [0.2, 0.25) is 5.91 Å². The van der Waals surface area contributed by atoms with E-state index in [1.54, 1.807) is 13.3 Å². The highest BCUT2D eigenvalue weighted by atomic mass is 16.5. The van der Waals surface area contributed by atoms with E-state index in [0.29, 0.717) is 0 Å². The molecule has 134 valence electrons. The number of benzene rings is 3. The van der Waals surface area contributed by atoms with E-state index in [-0.39, 0.29) is 12.3 Å². The molecule has 4 aromatic rings. The summed E-state index contributed by atoms with van der Waals surface area (Å²) in [7, 11) is 1.65. The van der Waals surface area contributed by atoms with Gasteiger partial charge in [-0.1, -0.05) is 36.4 Å². The van der Waals surface area contributed by atoms with Crippen molar-refractivity contribution in [2.75, 3.05) is 7.11 Å². The summed E-state index contributed by atoms with van der Waals surface area (Å²) in [6, 6.07) is 19.8. The SMILES string of the molecule is COc1ccc2cc(/C=N/NC(=O)Cc3c[nH]c4ccccc34)ccc2c1. The van der Waals surface area contributed by atoms with Gasteiger partial charge in [-0.15, -0.1) is 0 Å². The Kier molecular flexibility index (Phi) is 4.58. The van der Waals surface area contributed by atoms with Crippen molar-refractivity contribution in [2.24, 2.45) is 5.10 Å². The number of aromatic nitrogens is 1. The van der Waals surface area contributed by atoms with E-state index in [1.165, 1.54) is 0 Å². The van der Waals surface area contributed by atoms with Gasteiger partial charge in [0, 0.05) is 17.1 Å². The average molecular weight is 357 g/mol. The summed E-state index contributed by atoms with van der Waals surface area (Å²) in [5.41, 5.74) is 5.49. The Balaban J connectivity index is 1.42. The number of ether oxygens (including phenoxy) is 1. The first-order valence-electron chi connectivity index (χ1n) is 8.67. The quantitative estimate of drug-likeness (QED) is 0.418. The molecule has 0 radical (unpaired) electrons. The first-order valence-corrected chi connectivity index (χ1v) is 8.67. The lowest BCUT2D eigenvalue weighted by atomic mass is 10.1. The Hall–Kier alpha value is -3.60. The van der Waals surface area contributed by atoms with Crippen LogP contribution in [-0.4, -0.2) is 24.2 Å². The van der Waals surface area contributed by atoms with Gasteiger partial charge in [-0.3, -0.25) is 4.79 Å². The third kappa shape index (κ3) is 3.67. The third-order valence-electron chi connectivity index (χ3n) is 4.50. The lowest BCUT2D eigenvalue weighted by Crippen LogP contribution is -2.19. The molecule has 3 aromatic carbocycles. The molecule has 5 nitrogen and oxygen atoms in total. The molecule has 0 spiro atoms. The predicted octanol–water partition coefficient (Wildman–Crippen LogP) is 4.02. The molecule has 0 saturated heterocycles. The van der Waals surface area contributed by atoms with Gasteiger partial charge in [-0.25, -0.2) is 5.43 Å². The van der Waals surface area contributed by atoms with Gasteiger partial charge in [-0.2, -0.15) is 5.10 Å². The van der Waals surface area contributed by atoms with E-state index in [0.717, 1.165) is 38.6 Å². The van der Waals surface area contributed by atoms with E-state index < -0.39 is 0 Å². The molecular formula is C22H19N3O2. The summed E-state index contributed by atoms with van der Waals surface area (Å²) in [5.74, 6) is 0.676. The van der Waals surface area contributed by atoms with Crippen molar-refractivity contribution < 1.29 is 9.53 Å². The zero-order valence-electron chi connectivity index (χ0n) is 14.9. The second kappa shape index (κ2) is 7.33. The molecule has 1 aromatic heterocycles. The number of rotatable bonds is 5. The number of carbonyl (C=O) groups excluding carboxylic acids is 1. The van der Waals surface area contributed by atoms with Crippen molar-refractivity contribution in [1.29, 1.82) is 0 Å². The smallest absolute Gasteiger partial charge is 0.244 e. The fourth-order valence-corrected chi connectivity index (χ4v) is 3.12. The van der Waals surface area contributed by atoms with E-state index in [1.807, 2.05) is 66.9 Å². The number of fused-ring (bicyclic) bond motifs is 2. The maximum absolute atomic E-state index is 12.2. The van der Waals surface area contributed by atoms with Crippen molar-refractivity contribution in [2.45, 2.75) is 6.42 Å². The maximum Gasteiger partial charge on any atom is 0.244 e. The van der Waals surface area contributed by atoms with Crippen LogP contribution in [0, 0.1) is 0 Å². The Morgan fingerprint density at radius 3 is 2.81 bits per heavy atom. The van der Waals surface area contributed by atoms with Crippen molar-refractivity contribution in [3.05, 3.63) is 78.0 Å². The summed E-state index contributed by atoms with van der Waals surface area (Å²) < 4.78 is 5.24. The molecule has 5 heteroatoms. The fourth-order valence-electron chi connectivity index (χ4n) is 3.12. The summed E-state index contributed by atoms with van der Waals surface area (Å²) in [5, 5.41) is 7.32. The fraction of sp³-hybridized carbons (Fsp3) is 0.0909. The number of hydrazone groups is 1. The van der Waals surface area contributed by atoms with Crippen LogP contribution in [0.1, 0.15) is 11.1 Å². The predicted molar refractivity (Wildman–Crippen MR) is 108 cm³/mol. The molecule has 0 bridgehead atoms. The minimum Gasteiger partial charge on any atom is -0.497 e. The van der Waals surface area contributed by atoms with Crippen LogP contribution >= 0.6 is 0 Å². The monoisotopic (exact) mass is 357 g/mol. The van der Waals surface area contributed by atoms with E-state index in [9.17, 15) is 4.79 Å². The first kappa shape index (κ1) is 16.8. The zero-order chi connectivity index (χ0) is 18.6. The highest BCUT2D eigenvalue weighted by molar-refractivity contribution is 5.92. The van der Waals surface area contributed by atoms with Gasteiger partial charge in [0.15, 0.2) is 0 Å². The van der Waals surface area contributed by atoms with Gasteiger partial charge in [0.25, 0.3) is 0 Å². The number of methoxy groups -OCH3 is 1. The van der Waals surface area contributed by atoms with Crippen LogP contribution in [0.15, 0.2) is 72.0 Å². The van der Waals surface area contributed by atoms with Crippen LogP contribution < -0.4 is 10.2 Å². The van der Waals surface area contributed by atoms with Gasteiger partial charge < -0.3 is 9.72 Å². The Morgan fingerprint density at radius 2 is 1.93 bits per heavy atom. The molecule has 0 aliphatic carbocycles.